The van der Waals surface area contributed by atoms with Crippen molar-refractivity contribution in [1.29, 1.82) is 0 Å². The molecule has 0 unspecified atom stereocenters. The van der Waals surface area contributed by atoms with Crippen LogP contribution in [0.25, 0.3) is 10.9 Å². The van der Waals surface area contributed by atoms with E-state index >= 15 is 0 Å². The maximum atomic E-state index is 5.58. The smallest absolute Gasteiger partial charge is 0.318 e. The molecular formula is C17H24N4O. The van der Waals surface area contributed by atoms with Crippen molar-refractivity contribution in [3.05, 3.63) is 23.8 Å². The Morgan fingerprint density at radius 1 is 1.23 bits per heavy atom. The molecule has 1 aromatic heterocycles. The van der Waals surface area contributed by atoms with Gasteiger partial charge in [0.25, 0.3) is 0 Å². The zero-order valence-electron chi connectivity index (χ0n) is 13.6. The summed E-state index contributed by atoms with van der Waals surface area (Å²) in [5.74, 6) is 1.45. The largest absolute Gasteiger partial charge is 0.464 e. The summed E-state index contributed by atoms with van der Waals surface area (Å²) in [4.78, 5) is 11.7. The lowest BCUT2D eigenvalue weighted by molar-refractivity contribution is 0.314. The molecule has 22 heavy (non-hydrogen) atoms. The van der Waals surface area contributed by atoms with Crippen LogP contribution in [-0.4, -0.2) is 42.8 Å². The van der Waals surface area contributed by atoms with E-state index in [1.807, 2.05) is 6.92 Å². The zero-order valence-corrected chi connectivity index (χ0v) is 13.6. The molecule has 5 nitrogen and oxygen atoms in total. The van der Waals surface area contributed by atoms with Crippen molar-refractivity contribution in [3.8, 4) is 6.01 Å². The van der Waals surface area contributed by atoms with Gasteiger partial charge in [-0.25, -0.2) is 0 Å². The third-order valence-corrected chi connectivity index (χ3v) is 4.03. The van der Waals surface area contributed by atoms with Crippen LogP contribution in [0.15, 0.2) is 18.2 Å². The third kappa shape index (κ3) is 2.86. The first kappa shape index (κ1) is 15.0. The van der Waals surface area contributed by atoms with E-state index in [4.69, 9.17) is 9.72 Å². The van der Waals surface area contributed by atoms with Gasteiger partial charge in [0.1, 0.15) is 5.82 Å². The number of nitrogens with zero attached hydrogens (tertiary/aromatic N) is 3. The van der Waals surface area contributed by atoms with Crippen molar-refractivity contribution < 1.29 is 4.74 Å². The molecule has 0 radical (unpaired) electrons. The molecule has 1 aliphatic rings. The summed E-state index contributed by atoms with van der Waals surface area (Å²) >= 11 is 0. The maximum absolute atomic E-state index is 5.58. The Kier molecular flexibility index (Phi) is 4.43. The fourth-order valence-electron chi connectivity index (χ4n) is 2.95. The highest BCUT2D eigenvalue weighted by atomic mass is 16.5. The van der Waals surface area contributed by atoms with Gasteiger partial charge in [-0.3, -0.25) is 0 Å². The van der Waals surface area contributed by atoms with E-state index < -0.39 is 0 Å². The van der Waals surface area contributed by atoms with Crippen molar-refractivity contribution in [1.82, 2.24) is 15.3 Å². The molecule has 3 rings (SSSR count). The van der Waals surface area contributed by atoms with E-state index in [2.05, 4.69) is 47.2 Å². The molecule has 0 bridgehead atoms. The quantitative estimate of drug-likeness (QED) is 0.940. The molecule has 0 saturated carbocycles. The van der Waals surface area contributed by atoms with Crippen molar-refractivity contribution in [2.75, 3.05) is 37.7 Å². The lowest BCUT2D eigenvalue weighted by Gasteiger charge is -2.30. The Morgan fingerprint density at radius 2 is 2.00 bits per heavy atom. The molecule has 0 amide bonds. The zero-order chi connectivity index (χ0) is 15.5. The molecule has 1 fully saturated rings. The predicted molar refractivity (Wildman–Crippen MR) is 89.9 cm³/mol. The molecule has 2 aromatic rings. The molecule has 1 aliphatic heterocycles. The minimum Gasteiger partial charge on any atom is -0.464 e. The van der Waals surface area contributed by atoms with Gasteiger partial charge in [-0.2, -0.15) is 9.97 Å². The van der Waals surface area contributed by atoms with Crippen molar-refractivity contribution >= 4 is 16.7 Å². The SMILES string of the molecule is CCOc1nc(N2CCNCC2)c2c(C(C)C)cccc2n1. The molecule has 2 heterocycles. The van der Waals surface area contributed by atoms with Gasteiger partial charge in [0.2, 0.25) is 0 Å². The van der Waals surface area contributed by atoms with Gasteiger partial charge in [0, 0.05) is 31.6 Å². The summed E-state index contributed by atoms with van der Waals surface area (Å²) in [7, 11) is 0. The van der Waals surface area contributed by atoms with Crippen molar-refractivity contribution in [2.24, 2.45) is 0 Å². The minimum atomic E-state index is 0.437. The maximum Gasteiger partial charge on any atom is 0.318 e. The van der Waals surface area contributed by atoms with E-state index in [0.717, 1.165) is 37.5 Å². The van der Waals surface area contributed by atoms with Crippen LogP contribution in [0.5, 0.6) is 6.01 Å². The first-order chi connectivity index (χ1) is 10.7. The number of nitrogens with one attached hydrogen (secondary N) is 1. The van der Waals surface area contributed by atoms with E-state index in [1.165, 1.54) is 10.9 Å². The van der Waals surface area contributed by atoms with Crippen LogP contribution < -0.4 is 15.0 Å². The number of aromatic nitrogens is 2. The fraction of sp³-hybridized carbons (Fsp3) is 0.529. The lowest BCUT2D eigenvalue weighted by atomic mass is 9.98. The average Bonchev–Trinajstić information content (AvgIpc) is 2.54. The average molecular weight is 300 g/mol. The Bertz CT molecular complexity index is 650. The van der Waals surface area contributed by atoms with Crippen molar-refractivity contribution in [3.63, 3.8) is 0 Å². The monoisotopic (exact) mass is 300 g/mol. The van der Waals surface area contributed by atoms with Crippen LogP contribution >= 0.6 is 0 Å². The summed E-state index contributed by atoms with van der Waals surface area (Å²) < 4.78 is 5.58. The van der Waals surface area contributed by atoms with E-state index in [9.17, 15) is 0 Å². The van der Waals surface area contributed by atoms with Gasteiger partial charge in [-0.05, 0) is 24.5 Å². The second kappa shape index (κ2) is 6.48. The Morgan fingerprint density at radius 3 is 2.68 bits per heavy atom. The number of ether oxygens (including phenoxy) is 1. The van der Waals surface area contributed by atoms with Crippen molar-refractivity contribution in [2.45, 2.75) is 26.7 Å². The number of rotatable bonds is 4. The summed E-state index contributed by atoms with van der Waals surface area (Å²) in [6.07, 6.45) is 0. The summed E-state index contributed by atoms with van der Waals surface area (Å²) in [6, 6.07) is 6.78. The number of anilines is 1. The van der Waals surface area contributed by atoms with Gasteiger partial charge in [0.15, 0.2) is 0 Å². The van der Waals surface area contributed by atoms with Crippen LogP contribution in [0.1, 0.15) is 32.3 Å². The number of benzene rings is 1. The number of hydrogen-bond donors (Lipinski definition) is 1. The first-order valence-corrected chi connectivity index (χ1v) is 8.09. The summed E-state index contributed by atoms with van der Waals surface area (Å²) in [5.41, 5.74) is 2.27. The molecule has 1 N–H and O–H groups in total. The number of fused-ring (bicyclic) bond motifs is 1. The van der Waals surface area contributed by atoms with Crippen LogP contribution in [0.3, 0.4) is 0 Å². The normalized spacial score (nSPS) is 15.5. The predicted octanol–water partition coefficient (Wildman–Crippen LogP) is 2.56. The Labute approximate surface area is 131 Å². The molecule has 0 spiro atoms. The van der Waals surface area contributed by atoms with E-state index in [0.29, 0.717) is 18.5 Å². The summed E-state index contributed by atoms with van der Waals surface area (Å²) in [6.45, 7) is 10.9. The Balaban J connectivity index is 2.19. The van der Waals surface area contributed by atoms with Crippen LogP contribution in [0, 0.1) is 0 Å². The lowest BCUT2D eigenvalue weighted by Crippen LogP contribution is -2.44. The summed E-state index contributed by atoms with van der Waals surface area (Å²) in [5, 5.41) is 4.56. The number of piperazine rings is 1. The molecular weight excluding hydrogens is 276 g/mol. The van der Waals surface area contributed by atoms with Crippen LogP contribution in [-0.2, 0) is 0 Å². The highest BCUT2D eigenvalue weighted by molar-refractivity contribution is 5.93. The van der Waals surface area contributed by atoms with Gasteiger partial charge in [-0.15, -0.1) is 0 Å². The van der Waals surface area contributed by atoms with Gasteiger partial charge >= 0.3 is 6.01 Å². The Hall–Kier alpha value is -1.88. The molecule has 1 aromatic carbocycles. The molecule has 118 valence electrons. The highest BCUT2D eigenvalue weighted by Crippen LogP contribution is 2.33. The first-order valence-electron chi connectivity index (χ1n) is 8.09. The van der Waals surface area contributed by atoms with Gasteiger partial charge in [-0.1, -0.05) is 26.0 Å². The number of hydrogen-bond acceptors (Lipinski definition) is 5. The van der Waals surface area contributed by atoms with Crippen LogP contribution in [0.4, 0.5) is 5.82 Å². The molecule has 1 saturated heterocycles. The minimum absolute atomic E-state index is 0.437. The topological polar surface area (TPSA) is 50.3 Å². The highest BCUT2D eigenvalue weighted by Gasteiger charge is 2.20. The standard InChI is InChI=1S/C17H24N4O/c1-4-22-17-19-14-7-5-6-13(12(2)3)15(14)16(20-17)21-10-8-18-9-11-21/h5-7,12,18H,4,8-11H2,1-3H3. The second-order valence-electron chi connectivity index (χ2n) is 5.90. The van der Waals surface area contributed by atoms with Gasteiger partial charge in [0.05, 0.1) is 12.1 Å². The van der Waals surface area contributed by atoms with E-state index in [1.54, 1.807) is 0 Å². The van der Waals surface area contributed by atoms with Crippen LogP contribution in [0.2, 0.25) is 0 Å². The molecule has 0 atom stereocenters. The van der Waals surface area contributed by atoms with Gasteiger partial charge < -0.3 is 15.0 Å². The third-order valence-electron chi connectivity index (χ3n) is 4.03. The molecule has 0 aliphatic carbocycles. The fourth-order valence-corrected chi connectivity index (χ4v) is 2.95. The van der Waals surface area contributed by atoms with E-state index in [-0.39, 0.29) is 0 Å². The second-order valence-corrected chi connectivity index (χ2v) is 5.90. The molecule has 5 heteroatoms.